The number of aliphatic carboxylic acids is 1. The molecule has 2 rings (SSSR count). The normalized spacial score (nSPS) is 27.1. The number of carboxylic acids is 1. The standard InChI is InChI=1S/C14H22N2O3/c17-13(18)9-11-5-4-8-16(10-11)14(19)15-12-6-2-1-3-7-12/h1-2,11-12H,3-10H2,(H,15,19)(H,17,18). The predicted octanol–water partition coefficient (Wildman–Crippen LogP) is 1.99. The molecule has 5 nitrogen and oxygen atoms in total. The van der Waals surface area contributed by atoms with Gasteiger partial charge in [0, 0.05) is 25.6 Å². The summed E-state index contributed by atoms with van der Waals surface area (Å²) in [7, 11) is 0. The zero-order chi connectivity index (χ0) is 13.7. The number of carbonyl (C=O) groups excluding carboxylic acids is 1. The Labute approximate surface area is 113 Å². The molecule has 106 valence electrons. The van der Waals surface area contributed by atoms with E-state index < -0.39 is 5.97 Å². The molecule has 1 aliphatic carbocycles. The average Bonchev–Trinajstić information content (AvgIpc) is 2.39. The third kappa shape index (κ3) is 4.26. The maximum Gasteiger partial charge on any atom is 0.317 e. The average molecular weight is 266 g/mol. The Morgan fingerprint density at radius 3 is 2.84 bits per heavy atom. The summed E-state index contributed by atoms with van der Waals surface area (Å²) >= 11 is 0. The van der Waals surface area contributed by atoms with Gasteiger partial charge in [-0.1, -0.05) is 12.2 Å². The van der Waals surface area contributed by atoms with Gasteiger partial charge in [0.05, 0.1) is 0 Å². The fraction of sp³-hybridized carbons (Fsp3) is 0.714. The van der Waals surface area contributed by atoms with Crippen molar-refractivity contribution in [3.63, 3.8) is 0 Å². The van der Waals surface area contributed by atoms with Crippen molar-refractivity contribution in [2.45, 2.75) is 44.6 Å². The van der Waals surface area contributed by atoms with Crippen molar-refractivity contribution in [3.05, 3.63) is 12.2 Å². The molecule has 19 heavy (non-hydrogen) atoms. The molecule has 0 aromatic rings. The van der Waals surface area contributed by atoms with Crippen molar-refractivity contribution < 1.29 is 14.7 Å². The van der Waals surface area contributed by atoms with Gasteiger partial charge in [0.15, 0.2) is 0 Å². The lowest BCUT2D eigenvalue weighted by Gasteiger charge is -2.33. The van der Waals surface area contributed by atoms with Crippen LogP contribution in [0.1, 0.15) is 38.5 Å². The van der Waals surface area contributed by atoms with E-state index in [1.165, 1.54) is 0 Å². The molecule has 2 unspecified atom stereocenters. The van der Waals surface area contributed by atoms with Gasteiger partial charge in [-0.15, -0.1) is 0 Å². The van der Waals surface area contributed by atoms with Crippen LogP contribution in [0.15, 0.2) is 12.2 Å². The molecule has 0 bridgehead atoms. The van der Waals surface area contributed by atoms with Crippen molar-refractivity contribution in [1.29, 1.82) is 0 Å². The minimum atomic E-state index is -0.773. The zero-order valence-electron chi connectivity index (χ0n) is 11.2. The number of carboxylic acid groups (broad SMARTS) is 1. The molecular formula is C14H22N2O3. The Bertz CT molecular complexity index is 368. The van der Waals surface area contributed by atoms with Crippen molar-refractivity contribution in [2.75, 3.05) is 13.1 Å². The number of rotatable bonds is 3. The van der Waals surface area contributed by atoms with Crippen LogP contribution in [-0.4, -0.2) is 41.1 Å². The van der Waals surface area contributed by atoms with Gasteiger partial charge in [0.1, 0.15) is 0 Å². The first-order valence-electron chi connectivity index (χ1n) is 7.07. The molecule has 5 heteroatoms. The summed E-state index contributed by atoms with van der Waals surface area (Å²) in [6.45, 7) is 1.31. The van der Waals surface area contributed by atoms with Crippen molar-refractivity contribution in [1.82, 2.24) is 10.2 Å². The molecule has 1 aliphatic heterocycles. The number of nitrogens with one attached hydrogen (secondary N) is 1. The highest BCUT2D eigenvalue weighted by molar-refractivity contribution is 5.75. The predicted molar refractivity (Wildman–Crippen MR) is 71.9 cm³/mol. The Kier molecular flexibility index (Phi) is 4.82. The maximum atomic E-state index is 12.1. The Morgan fingerprint density at radius 1 is 1.32 bits per heavy atom. The van der Waals surface area contributed by atoms with Crippen LogP contribution in [0.4, 0.5) is 4.79 Å². The monoisotopic (exact) mass is 266 g/mol. The van der Waals surface area contributed by atoms with E-state index in [-0.39, 0.29) is 24.4 Å². The second kappa shape index (κ2) is 6.59. The van der Waals surface area contributed by atoms with E-state index >= 15 is 0 Å². The maximum absolute atomic E-state index is 12.1. The number of carbonyl (C=O) groups is 2. The minimum absolute atomic E-state index is 0.0320. The summed E-state index contributed by atoms with van der Waals surface area (Å²) in [5.74, 6) is -0.673. The van der Waals surface area contributed by atoms with Crippen LogP contribution in [0.25, 0.3) is 0 Å². The van der Waals surface area contributed by atoms with Gasteiger partial charge in [-0.05, 0) is 38.0 Å². The van der Waals surface area contributed by atoms with Gasteiger partial charge in [0.25, 0.3) is 0 Å². The molecule has 2 atom stereocenters. The fourth-order valence-electron chi connectivity index (χ4n) is 2.85. The summed E-state index contributed by atoms with van der Waals surface area (Å²) in [6, 6.07) is 0.202. The Hall–Kier alpha value is -1.52. The molecule has 0 saturated carbocycles. The minimum Gasteiger partial charge on any atom is -0.481 e. The molecule has 2 aliphatic rings. The summed E-state index contributed by atoms with van der Waals surface area (Å²) in [5, 5.41) is 11.9. The highest BCUT2D eigenvalue weighted by Gasteiger charge is 2.26. The first-order chi connectivity index (χ1) is 9.15. The first kappa shape index (κ1) is 13.9. The van der Waals surface area contributed by atoms with E-state index in [9.17, 15) is 9.59 Å². The van der Waals surface area contributed by atoms with Crippen LogP contribution >= 0.6 is 0 Å². The number of likely N-dealkylation sites (tertiary alicyclic amines) is 1. The van der Waals surface area contributed by atoms with Gasteiger partial charge < -0.3 is 15.3 Å². The van der Waals surface area contributed by atoms with Gasteiger partial charge in [-0.25, -0.2) is 4.79 Å². The van der Waals surface area contributed by atoms with E-state index in [0.717, 1.165) is 38.6 Å². The lowest BCUT2D eigenvalue weighted by molar-refractivity contribution is -0.138. The summed E-state index contributed by atoms with van der Waals surface area (Å²) < 4.78 is 0. The van der Waals surface area contributed by atoms with Gasteiger partial charge in [-0.2, -0.15) is 0 Å². The molecule has 0 spiro atoms. The van der Waals surface area contributed by atoms with Crippen LogP contribution < -0.4 is 5.32 Å². The van der Waals surface area contributed by atoms with Crippen LogP contribution in [0.2, 0.25) is 0 Å². The third-order valence-electron chi connectivity index (χ3n) is 3.87. The molecule has 0 aromatic carbocycles. The van der Waals surface area contributed by atoms with Crippen LogP contribution in [0, 0.1) is 5.92 Å². The third-order valence-corrected chi connectivity index (χ3v) is 3.87. The largest absolute Gasteiger partial charge is 0.481 e. The number of nitrogens with zero attached hydrogens (tertiary/aromatic N) is 1. The molecule has 0 radical (unpaired) electrons. The topological polar surface area (TPSA) is 69.6 Å². The van der Waals surface area contributed by atoms with E-state index in [4.69, 9.17) is 5.11 Å². The second-order valence-corrected chi connectivity index (χ2v) is 5.48. The lowest BCUT2D eigenvalue weighted by atomic mass is 9.95. The van der Waals surface area contributed by atoms with E-state index in [1.807, 2.05) is 0 Å². The van der Waals surface area contributed by atoms with Crippen molar-refractivity contribution in [2.24, 2.45) is 5.92 Å². The lowest BCUT2D eigenvalue weighted by Crippen LogP contribution is -2.49. The van der Waals surface area contributed by atoms with Crippen LogP contribution in [0.5, 0.6) is 0 Å². The number of piperidine rings is 1. The highest BCUT2D eigenvalue weighted by Crippen LogP contribution is 2.20. The number of allylic oxidation sites excluding steroid dienone is 1. The first-order valence-corrected chi connectivity index (χ1v) is 7.07. The number of hydrogen-bond acceptors (Lipinski definition) is 2. The van der Waals surface area contributed by atoms with Gasteiger partial charge in [-0.3, -0.25) is 4.79 Å². The fourth-order valence-corrected chi connectivity index (χ4v) is 2.85. The van der Waals surface area contributed by atoms with Gasteiger partial charge in [0.2, 0.25) is 0 Å². The second-order valence-electron chi connectivity index (χ2n) is 5.48. The molecule has 1 fully saturated rings. The molecule has 1 heterocycles. The SMILES string of the molecule is O=C(O)CC1CCCN(C(=O)NC2CC=CCC2)C1. The Balaban J connectivity index is 1.81. The zero-order valence-corrected chi connectivity index (χ0v) is 11.2. The summed E-state index contributed by atoms with van der Waals surface area (Å²) in [5.41, 5.74) is 0. The van der Waals surface area contributed by atoms with E-state index in [2.05, 4.69) is 17.5 Å². The van der Waals surface area contributed by atoms with Crippen molar-refractivity contribution in [3.8, 4) is 0 Å². The molecule has 0 aromatic heterocycles. The molecule has 2 N–H and O–H groups in total. The van der Waals surface area contributed by atoms with E-state index in [0.29, 0.717) is 6.54 Å². The van der Waals surface area contributed by atoms with Crippen molar-refractivity contribution >= 4 is 12.0 Å². The van der Waals surface area contributed by atoms with E-state index in [1.54, 1.807) is 4.90 Å². The van der Waals surface area contributed by atoms with Crippen LogP contribution in [-0.2, 0) is 4.79 Å². The smallest absolute Gasteiger partial charge is 0.317 e. The molecule has 1 saturated heterocycles. The Morgan fingerprint density at radius 2 is 2.16 bits per heavy atom. The number of amides is 2. The van der Waals surface area contributed by atoms with Gasteiger partial charge >= 0.3 is 12.0 Å². The molecule has 2 amide bonds. The van der Waals surface area contributed by atoms with Crippen LogP contribution in [0.3, 0.4) is 0 Å². The number of hydrogen-bond donors (Lipinski definition) is 2. The number of urea groups is 1. The quantitative estimate of drug-likeness (QED) is 0.767. The molecular weight excluding hydrogens is 244 g/mol. The summed E-state index contributed by atoms with van der Waals surface area (Å²) in [4.78, 5) is 24.6. The summed E-state index contributed by atoms with van der Waals surface area (Å²) in [6.07, 6.45) is 9.14. The highest BCUT2D eigenvalue weighted by atomic mass is 16.4.